The number of anilines is 2. The number of carbonyl (C=O) groups excluding carboxylic acids is 1. The van der Waals surface area contributed by atoms with Crippen molar-refractivity contribution in [2.75, 3.05) is 17.2 Å². The number of halogens is 1. The van der Waals surface area contributed by atoms with Gasteiger partial charge in [-0.1, -0.05) is 35.9 Å². The second-order valence-electron chi connectivity index (χ2n) is 6.41. The minimum absolute atomic E-state index is 0.0438. The molecule has 1 aliphatic heterocycles. The summed E-state index contributed by atoms with van der Waals surface area (Å²) in [6.45, 7) is 0.779. The van der Waals surface area contributed by atoms with Crippen LogP contribution in [-0.2, 0) is 11.2 Å². The van der Waals surface area contributed by atoms with E-state index in [4.69, 9.17) is 17.3 Å². The van der Waals surface area contributed by atoms with E-state index in [0.717, 1.165) is 53.3 Å². The molecule has 2 atom stereocenters. The molecule has 4 rings (SSSR count). The van der Waals surface area contributed by atoms with E-state index in [2.05, 4.69) is 0 Å². The number of hydrogen-bond donors (Lipinski definition) is 1. The largest absolute Gasteiger partial charge is 0.398 e. The van der Waals surface area contributed by atoms with Gasteiger partial charge in [-0.3, -0.25) is 4.79 Å². The van der Waals surface area contributed by atoms with Crippen LogP contribution >= 0.6 is 11.6 Å². The molecule has 0 radical (unpaired) electrons. The minimum Gasteiger partial charge on any atom is -0.398 e. The second-order valence-corrected chi connectivity index (χ2v) is 6.82. The number of rotatable bonds is 2. The fraction of sp³-hybridized carbons (Fsp3) is 0.316. The van der Waals surface area contributed by atoms with E-state index in [9.17, 15) is 4.79 Å². The summed E-state index contributed by atoms with van der Waals surface area (Å²) in [5, 5.41) is 0.760. The van der Waals surface area contributed by atoms with E-state index in [-0.39, 0.29) is 17.7 Å². The first-order valence-electron chi connectivity index (χ1n) is 8.10. The first-order chi connectivity index (χ1) is 11.2. The van der Waals surface area contributed by atoms with Crippen LogP contribution in [0.2, 0.25) is 5.02 Å². The Balaban J connectivity index is 1.59. The Morgan fingerprint density at radius 1 is 1.17 bits per heavy atom. The summed E-state index contributed by atoms with van der Waals surface area (Å²) in [6, 6.07) is 13.7. The standard InChI is InChI=1S/C19H19ClN2O/c20-16-7-2-1-5-12(16)14-11-15(14)19(23)22-10-4-6-13-17(21)8-3-9-18(13)22/h1-3,5,7-9,14-15H,4,6,10-11,21H2. The molecule has 3 nitrogen and oxygen atoms in total. The van der Waals surface area contributed by atoms with E-state index in [1.165, 1.54) is 0 Å². The third kappa shape index (κ3) is 2.49. The van der Waals surface area contributed by atoms with Gasteiger partial charge in [-0.25, -0.2) is 0 Å². The normalized spacial score (nSPS) is 22.6. The molecule has 1 heterocycles. The first kappa shape index (κ1) is 14.6. The number of hydrogen-bond acceptors (Lipinski definition) is 2. The van der Waals surface area contributed by atoms with Gasteiger partial charge in [0.15, 0.2) is 0 Å². The van der Waals surface area contributed by atoms with E-state index < -0.39 is 0 Å². The predicted octanol–water partition coefficient (Wildman–Crippen LogP) is 4.01. The van der Waals surface area contributed by atoms with Crippen molar-refractivity contribution in [3.8, 4) is 0 Å². The Morgan fingerprint density at radius 2 is 2.00 bits per heavy atom. The molecule has 0 saturated heterocycles. The molecule has 118 valence electrons. The van der Waals surface area contributed by atoms with Crippen molar-refractivity contribution in [1.82, 2.24) is 0 Å². The van der Waals surface area contributed by atoms with Gasteiger partial charge in [0.25, 0.3) is 0 Å². The van der Waals surface area contributed by atoms with Gasteiger partial charge in [0.1, 0.15) is 0 Å². The summed E-state index contributed by atoms with van der Waals surface area (Å²) >= 11 is 6.28. The van der Waals surface area contributed by atoms with Gasteiger partial charge in [0.2, 0.25) is 5.91 Å². The van der Waals surface area contributed by atoms with Crippen LogP contribution < -0.4 is 10.6 Å². The molecule has 2 aromatic rings. The molecule has 4 heteroatoms. The molecular formula is C19H19ClN2O. The van der Waals surface area contributed by atoms with Crippen molar-refractivity contribution in [2.45, 2.75) is 25.2 Å². The number of carbonyl (C=O) groups is 1. The summed E-state index contributed by atoms with van der Waals surface area (Å²) in [6.07, 6.45) is 2.80. The number of nitrogen functional groups attached to an aromatic ring is 1. The fourth-order valence-electron chi connectivity index (χ4n) is 3.67. The lowest BCUT2D eigenvalue weighted by molar-refractivity contribution is -0.120. The molecule has 1 aliphatic carbocycles. The summed E-state index contributed by atoms with van der Waals surface area (Å²) in [7, 11) is 0. The van der Waals surface area contributed by atoms with E-state index in [1.807, 2.05) is 47.4 Å². The van der Waals surface area contributed by atoms with Crippen LogP contribution in [0, 0.1) is 5.92 Å². The number of benzene rings is 2. The van der Waals surface area contributed by atoms with Crippen molar-refractivity contribution in [2.24, 2.45) is 5.92 Å². The van der Waals surface area contributed by atoms with Crippen LogP contribution in [-0.4, -0.2) is 12.5 Å². The van der Waals surface area contributed by atoms with Gasteiger partial charge in [-0.05, 0) is 54.5 Å². The van der Waals surface area contributed by atoms with E-state index in [1.54, 1.807) is 0 Å². The average Bonchev–Trinajstić information content (AvgIpc) is 3.35. The fourth-order valence-corrected chi connectivity index (χ4v) is 3.94. The lowest BCUT2D eigenvalue weighted by Crippen LogP contribution is -2.37. The lowest BCUT2D eigenvalue weighted by atomic mass is 9.99. The van der Waals surface area contributed by atoms with Crippen molar-refractivity contribution in [3.63, 3.8) is 0 Å². The quantitative estimate of drug-likeness (QED) is 0.848. The summed E-state index contributed by atoms with van der Waals surface area (Å²) < 4.78 is 0. The zero-order valence-corrected chi connectivity index (χ0v) is 13.6. The zero-order valence-electron chi connectivity index (χ0n) is 12.8. The summed E-state index contributed by atoms with van der Waals surface area (Å²) in [5.74, 6) is 0.506. The van der Waals surface area contributed by atoms with E-state index in [0.29, 0.717) is 0 Å². The highest BCUT2D eigenvalue weighted by Gasteiger charge is 2.47. The molecule has 1 fully saturated rings. The first-order valence-corrected chi connectivity index (χ1v) is 8.48. The molecule has 0 bridgehead atoms. The van der Waals surface area contributed by atoms with Crippen LogP contribution in [0.1, 0.15) is 29.9 Å². The molecular weight excluding hydrogens is 308 g/mol. The molecule has 2 aromatic carbocycles. The predicted molar refractivity (Wildman–Crippen MR) is 93.8 cm³/mol. The highest BCUT2D eigenvalue weighted by molar-refractivity contribution is 6.31. The summed E-state index contributed by atoms with van der Waals surface area (Å²) in [5.41, 5.74) is 10.1. The maximum atomic E-state index is 13.0. The lowest BCUT2D eigenvalue weighted by Gasteiger charge is -2.30. The maximum Gasteiger partial charge on any atom is 0.230 e. The monoisotopic (exact) mass is 326 g/mol. The average molecular weight is 327 g/mol. The van der Waals surface area contributed by atoms with Crippen molar-refractivity contribution >= 4 is 28.9 Å². The van der Waals surface area contributed by atoms with Crippen molar-refractivity contribution < 1.29 is 4.79 Å². The molecule has 0 aromatic heterocycles. The van der Waals surface area contributed by atoms with Crippen molar-refractivity contribution in [1.29, 1.82) is 0 Å². The van der Waals surface area contributed by atoms with Gasteiger partial charge >= 0.3 is 0 Å². The molecule has 1 amide bonds. The van der Waals surface area contributed by atoms with Gasteiger partial charge < -0.3 is 10.6 Å². The van der Waals surface area contributed by atoms with Crippen LogP contribution in [0.3, 0.4) is 0 Å². The Bertz CT molecular complexity index is 774. The Hall–Kier alpha value is -2.00. The molecule has 2 aliphatic rings. The highest BCUT2D eigenvalue weighted by atomic mass is 35.5. The molecule has 2 N–H and O–H groups in total. The molecule has 2 unspecified atom stereocenters. The third-order valence-electron chi connectivity index (χ3n) is 4.97. The number of amides is 1. The number of fused-ring (bicyclic) bond motifs is 1. The van der Waals surface area contributed by atoms with Crippen LogP contribution in [0.15, 0.2) is 42.5 Å². The highest BCUT2D eigenvalue weighted by Crippen LogP contribution is 2.51. The molecule has 23 heavy (non-hydrogen) atoms. The second kappa shape index (κ2) is 5.57. The third-order valence-corrected chi connectivity index (χ3v) is 5.31. The van der Waals surface area contributed by atoms with Crippen LogP contribution in [0.25, 0.3) is 0 Å². The van der Waals surface area contributed by atoms with Gasteiger partial charge in [0.05, 0.1) is 0 Å². The zero-order chi connectivity index (χ0) is 16.0. The van der Waals surface area contributed by atoms with E-state index >= 15 is 0 Å². The van der Waals surface area contributed by atoms with Gasteiger partial charge in [0, 0.05) is 28.9 Å². The number of nitrogens with two attached hydrogens (primary N) is 1. The Kier molecular flexibility index (Phi) is 3.53. The maximum absolute atomic E-state index is 13.0. The SMILES string of the molecule is Nc1cccc2c1CCCN2C(=O)C1CC1c1ccccc1Cl. The number of nitrogens with zero attached hydrogens (tertiary/aromatic N) is 1. The smallest absolute Gasteiger partial charge is 0.230 e. The molecule has 1 saturated carbocycles. The molecule has 0 spiro atoms. The van der Waals surface area contributed by atoms with Gasteiger partial charge in [-0.15, -0.1) is 0 Å². The van der Waals surface area contributed by atoms with Crippen LogP contribution in [0.5, 0.6) is 0 Å². The van der Waals surface area contributed by atoms with Crippen molar-refractivity contribution in [3.05, 3.63) is 58.6 Å². The van der Waals surface area contributed by atoms with Crippen LogP contribution in [0.4, 0.5) is 11.4 Å². The van der Waals surface area contributed by atoms with Gasteiger partial charge in [-0.2, -0.15) is 0 Å². The topological polar surface area (TPSA) is 46.3 Å². The Morgan fingerprint density at radius 3 is 2.83 bits per heavy atom. The minimum atomic E-state index is 0.0438. The summed E-state index contributed by atoms with van der Waals surface area (Å²) in [4.78, 5) is 14.9. The Labute approximate surface area is 141 Å².